The van der Waals surface area contributed by atoms with Crippen molar-refractivity contribution in [2.45, 2.75) is 57.4 Å². The lowest BCUT2D eigenvalue weighted by atomic mass is 9.79. The van der Waals surface area contributed by atoms with Crippen molar-refractivity contribution in [3.05, 3.63) is 71.4 Å². The highest BCUT2D eigenvalue weighted by molar-refractivity contribution is 5.67. The van der Waals surface area contributed by atoms with Gasteiger partial charge in [0.25, 0.3) is 0 Å². The Kier molecular flexibility index (Phi) is 4.44. The van der Waals surface area contributed by atoms with Gasteiger partial charge in [-0.3, -0.25) is 4.98 Å². The number of benzene rings is 1. The fourth-order valence-corrected chi connectivity index (χ4v) is 5.09. The van der Waals surface area contributed by atoms with Crippen molar-refractivity contribution in [3.8, 4) is 22.6 Å². The van der Waals surface area contributed by atoms with E-state index in [1.807, 2.05) is 31.6 Å². The van der Waals surface area contributed by atoms with Gasteiger partial charge < -0.3 is 4.57 Å². The van der Waals surface area contributed by atoms with E-state index in [9.17, 15) is 0 Å². The molecule has 0 spiro atoms. The van der Waals surface area contributed by atoms with Gasteiger partial charge in [0.15, 0.2) is 0 Å². The first-order valence-electron chi connectivity index (χ1n) is 11.2. The van der Waals surface area contributed by atoms with Crippen LogP contribution in [0.5, 0.6) is 0 Å². The molecule has 1 aromatic carbocycles. The molecule has 0 amide bonds. The third-order valence-electron chi connectivity index (χ3n) is 6.74. The number of H-pyrrole nitrogens is 1. The lowest BCUT2D eigenvalue weighted by molar-refractivity contribution is 0.479. The molecule has 2 aliphatic rings. The minimum Gasteiger partial charge on any atom is -0.336 e. The molecule has 1 fully saturated rings. The normalized spacial score (nSPS) is 18.2. The summed E-state index contributed by atoms with van der Waals surface area (Å²) in [5.41, 5.74) is 9.31. The predicted octanol–water partition coefficient (Wildman–Crippen LogP) is 5.04. The third-order valence-corrected chi connectivity index (χ3v) is 6.74. The summed E-state index contributed by atoms with van der Waals surface area (Å²) in [5, 5.41) is 11.1. The fourth-order valence-electron chi connectivity index (χ4n) is 5.09. The van der Waals surface area contributed by atoms with Crippen LogP contribution in [0.2, 0.25) is 0 Å². The first-order chi connectivity index (χ1) is 15.3. The molecule has 1 N–H and O–H groups in total. The van der Waals surface area contributed by atoms with Crippen molar-refractivity contribution < 1.29 is 0 Å². The molecule has 3 aromatic heterocycles. The minimum atomic E-state index is 0.569. The first kappa shape index (κ1) is 18.5. The van der Waals surface area contributed by atoms with Gasteiger partial charge in [-0.25, -0.2) is 4.98 Å². The lowest BCUT2D eigenvalue weighted by Crippen LogP contribution is -2.17. The molecule has 6 rings (SSSR count). The maximum absolute atomic E-state index is 4.68. The second kappa shape index (κ2) is 7.45. The van der Waals surface area contributed by atoms with Gasteiger partial charge in [-0.15, -0.1) is 0 Å². The van der Waals surface area contributed by atoms with Gasteiger partial charge in [0, 0.05) is 30.4 Å². The number of nitrogens with one attached hydrogen (secondary N) is 1. The number of hydrogen-bond donors (Lipinski definition) is 1. The molecule has 3 heterocycles. The molecule has 4 aromatic rings. The summed E-state index contributed by atoms with van der Waals surface area (Å²) in [5.74, 6) is 1.36. The highest BCUT2D eigenvalue weighted by atomic mass is 15.3. The number of nitrogens with zero attached hydrogens (tertiary/aromatic N) is 5. The van der Waals surface area contributed by atoms with E-state index >= 15 is 0 Å². The highest BCUT2D eigenvalue weighted by Crippen LogP contribution is 2.46. The molecule has 0 radical (unpaired) electrons. The average molecular weight is 411 g/mol. The summed E-state index contributed by atoms with van der Waals surface area (Å²) in [7, 11) is 0. The Hall–Kier alpha value is -3.28. The van der Waals surface area contributed by atoms with E-state index in [2.05, 4.69) is 54.3 Å². The standard InChI is InChI=1S/C25H26N6/c1-16-25(29-30-28-16)19-10-11-26-22(12-19)23-14-31(15-27-23)13-20-6-2-4-18-5-3-7-21(24(18)20)17-8-9-17/h3,5,7,10-12,14-15,17,20H,2,4,6,8-9,13H2,1H3,(H,28,29,30)/t20-/m0/s1. The largest absolute Gasteiger partial charge is 0.336 e. The van der Waals surface area contributed by atoms with Gasteiger partial charge in [-0.2, -0.15) is 15.4 Å². The van der Waals surface area contributed by atoms with E-state index in [0.29, 0.717) is 5.92 Å². The average Bonchev–Trinajstić information content (AvgIpc) is 3.39. The highest BCUT2D eigenvalue weighted by Gasteiger charge is 2.31. The zero-order chi connectivity index (χ0) is 20.8. The lowest BCUT2D eigenvalue weighted by Gasteiger charge is -2.28. The molecule has 0 unspecified atom stereocenters. The van der Waals surface area contributed by atoms with E-state index < -0.39 is 0 Å². The summed E-state index contributed by atoms with van der Waals surface area (Å²) in [6.07, 6.45) is 12.4. The zero-order valence-corrected chi connectivity index (χ0v) is 17.8. The molecule has 31 heavy (non-hydrogen) atoms. The van der Waals surface area contributed by atoms with E-state index in [1.54, 1.807) is 16.7 Å². The van der Waals surface area contributed by atoms with E-state index in [-0.39, 0.29) is 0 Å². The predicted molar refractivity (Wildman–Crippen MR) is 120 cm³/mol. The Morgan fingerprint density at radius 3 is 2.84 bits per heavy atom. The Balaban J connectivity index is 1.28. The molecule has 6 nitrogen and oxygen atoms in total. The van der Waals surface area contributed by atoms with Gasteiger partial charge in [0.1, 0.15) is 11.4 Å². The number of pyridine rings is 1. The minimum absolute atomic E-state index is 0.569. The summed E-state index contributed by atoms with van der Waals surface area (Å²) in [4.78, 5) is 9.24. The van der Waals surface area contributed by atoms with Crippen LogP contribution >= 0.6 is 0 Å². The number of hydrogen-bond acceptors (Lipinski definition) is 4. The van der Waals surface area contributed by atoms with Gasteiger partial charge in [0.2, 0.25) is 0 Å². The van der Waals surface area contributed by atoms with Crippen LogP contribution in [0.15, 0.2) is 49.1 Å². The number of fused-ring (bicyclic) bond motifs is 1. The molecule has 0 bridgehead atoms. The summed E-state index contributed by atoms with van der Waals surface area (Å²) < 4.78 is 2.24. The van der Waals surface area contributed by atoms with Crippen LogP contribution in [0.25, 0.3) is 22.6 Å². The SMILES string of the molecule is Cc1n[nH]nc1-c1ccnc(-c2cn(C[C@@H]3CCCc4cccc(C5CC5)c43)cn2)c1. The molecular weight excluding hydrogens is 384 g/mol. The van der Waals surface area contributed by atoms with Gasteiger partial charge in [-0.1, -0.05) is 18.2 Å². The van der Waals surface area contributed by atoms with E-state index in [0.717, 1.165) is 40.8 Å². The molecule has 2 aliphatic carbocycles. The second-order valence-corrected chi connectivity index (χ2v) is 8.93. The smallest absolute Gasteiger partial charge is 0.115 e. The summed E-state index contributed by atoms with van der Waals surface area (Å²) in [6, 6.07) is 11.0. The molecule has 6 heteroatoms. The number of imidazole rings is 1. The van der Waals surface area contributed by atoms with Crippen LogP contribution in [0, 0.1) is 6.92 Å². The van der Waals surface area contributed by atoms with Crippen LogP contribution in [-0.2, 0) is 13.0 Å². The van der Waals surface area contributed by atoms with Crippen molar-refractivity contribution in [2.75, 3.05) is 0 Å². The Bertz CT molecular complexity index is 1230. The maximum atomic E-state index is 4.68. The summed E-state index contributed by atoms with van der Waals surface area (Å²) >= 11 is 0. The molecular formula is C25H26N6. The monoisotopic (exact) mass is 410 g/mol. The van der Waals surface area contributed by atoms with Crippen LogP contribution in [0.4, 0.5) is 0 Å². The third kappa shape index (κ3) is 3.46. The Morgan fingerprint density at radius 2 is 2.00 bits per heavy atom. The van der Waals surface area contributed by atoms with Crippen LogP contribution < -0.4 is 0 Å². The maximum Gasteiger partial charge on any atom is 0.115 e. The number of rotatable bonds is 5. The topological polar surface area (TPSA) is 72.3 Å². The molecule has 156 valence electrons. The quantitative estimate of drug-likeness (QED) is 0.500. The number of aromatic nitrogens is 6. The molecule has 1 atom stereocenters. The molecule has 1 saturated carbocycles. The van der Waals surface area contributed by atoms with Crippen molar-refractivity contribution in [1.29, 1.82) is 0 Å². The molecule has 0 aliphatic heterocycles. The fraction of sp³-hybridized carbons (Fsp3) is 0.360. The van der Waals surface area contributed by atoms with Gasteiger partial charge in [-0.05, 0) is 73.8 Å². The van der Waals surface area contributed by atoms with Crippen molar-refractivity contribution in [1.82, 2.24) is 29.9 Å². The van der Waals surface area contributed by atoms with Crippen molar-refractivity contribution in [3.63, 3.8) is 0 Å². The van der Waals surface area contributed by atoms with Gasteiger partial charge >= 0.3 is 0 Å². The first-order valence-corrected chi connectivity index (χ1v) is 11.2. The van der Waals surface area contributed by atoms with E-state index in [1.165, 1.54) is 32.1 Å². The van der Waals surface area contributed by atoms with Crippen LogP contribution in [0.1, 0.15) is 59.9 Å². The van der Waals surface area contributed by atoms with Gasteiger partial charge in [0.05, 0.1) is 17.7 Å². The Labute approximate surface area is 181 Å². The van der Waals surface area contributed by atoms with Crippen LogP contribution in [0.3, 0.4) is 0 Å². The summed E-state index contributed by atoms with van der Waals surface area (Å²) in [6.45, 7) is 2.93. The number of aryl methyl sites for hydroxylation is 2. The zero-order valence-electron chi connectivity index (χ0n) is 17.8. The van der Waals surface area contributed by atoms with Crippen molar-refractivity contribution in [2.24, 2.45) is 0 Å². The number of aromatic amines is 1. The van der Waals surface area contributed by atoms with E-state index in [4.69, 9.17) is 0 Å². The Morgan fingerprint density at radius 1 is 1.06 bits per heavy atom. The second-order valence-electron chi connectivity index (χ2n) is 8.93. The molecule has 0 saturated heterocycles. The van der Waals surface area contributed by atoms with Crippen molar-refractivity contribution >= 4 is 0 Å². The van der Waals surface area contributed by atoms with Crippen LogP contribution in [-0.4, -0.2) is 29.9 Å².